The SMILES string of the molecule is O=C(O)Cc1ccc(F)cc1C(O)C(O)CCBr. The number of halogens is 2. The van der Waals surface area contributed by atoms with Gasteiger partial charge in [-0.3, -0.25) is 4.79 Å². The number of rotatable bonds is 6. The lowest BCUT2D eigenvalue weighted by Gasteiger charge is -2.20. The van der Waals surface area contributed by atoms with Gasteiger partial charge < -0.3 is 15.3 Å². The average Bonchev–Trinajstić information content (AvgIpc) is 2.30. The van der Waals surface area contributed by atoms with E-state index in [4.69, 9.17) is 5.11 Å². The fraction of sp³-hybridized carbons (Fsp3) is 0.417. The molecule has 0 heterocycles. The van der Waals surface area contributed by atoms with Crippen LogP contribution in [0.1, 0.15) is 23.7 Å². The molecule has 1 aromatic carbocycles. The van der Waals surface area contributed by atoms with E-state index in [1.807, 2.05) is 0 Å². The van der Waals surface area contributed by atoms with Crippen molar-refractivity contribution in [3.63, 3.8) is 0 Å². The van der Waals surface area contributed by atoms with Gasteiger partial charge in [0.15, 0.2) is 0 Å². The van der Waals surface area contributed by atoms with Gasteiger partial charge in [-0.25, -0.2) is 4.39 Å². The molecule has 2 atom stereocenters. The van der Waals surface area contributed by atoms with Crippen molar-refractivity contribution in [1.82, 2.24) is 0 Å². The molecule has 0 amide bonds. The lowest BCUT2D eigenvalue weighted by Crippen LogP contribution is -2.20. The van der Waals surface area contributed by atoms with Gasteiger partial charge in [0.1, 0.15) is 11.9 Å². The fourth-order valence-electron chi connectivity index (χ4n) is 1.64. The Balaban J connectivity index is 3.03. The molecule has 0 aliphatic rings. The van der Waals surface area contributed by atoms with Crippen LogP contribution in [0.25, 0.3) is 0 Å². The average molecular weight is 321 g/mol. The van der Waals surface area contributed by atoms with Gasteiger partial charge in [-0.15, -0.1) is 0 Å². The van der Waals surface area contributed by atoms with Crippen LogP contribution in [0.3, 0.4) is 0 Å². The van der Waals surface area contributed by atoms with Crippen molar-refractivity contribution in [3.8, 4) is 0 Å². The Kier molecular flexibility index (Phi) is 5.71. The first-order valence-corrected chi connectivity index (χ1v) is 6.50. The summed E-state index contributed by atoms with van der Waals surface area (Å²) in [7, 11) is 0. The molecule has 0 bridgehead atoms. The lowest BCUT2D eigenvalue weighted by atomic mass is 9.95. The van der Waals surface area contributed by atoms with Crippen molar-refractivity contribution in [3.05, 3.63) is 35.1 Å². The summed E-state index contributed by atoms with van der Waals surface area (Å²) < 4.78 is 13.1. The molecular formula is C12H14BrFO4. The molecule has 4 nitrogen and oxygen atoms in total. The lowest BCUT2D eigenvalue weighted by molar-refractivity contribution is -0.136. The number of benzene rings is 1. The van der Waals surface area contributed by atoms with Gasteiger partial charge in [0.25, 0.3) is 0 Å². The third kappa shape index (κ3) is 4.04. The highest BCUT2D eigenvalue weighted by Gasteiger charge is 2.22. The van der Waals surface area contributed by atoms with Gasteiger partial charge in [-0.2, -0.15) is 0 Å². The molecule has 0 fully saturated rings. The van der Waals surface area contributed by atoms with Gasteiger partial charge in [0.05, 0.1) is 12.5 Å². The Hall–Kier alpha value is -0.980. The van der Waals surface area contributed by atoms with Crippen LogP contribution in [0, 0.1) is 5.82 Å². The fourth-order valence-corrected chi connectivity index (χ4v) is 2.11. The number of aliphatic hydroxyl groups excluding tert-OH is 2. The molecule has 1 aromatic rings. The summed E-state index contributed by atoms with van der Waals surface area (Å²) >= 11 is 3.12. The normalized spacial score (nSPS) is 14.2. The molecule has 0 radical (unpaired) electrons. The molecule has 2 unspecified atom stereocenters. The monoisotopic (exact) mass is 320 g/mol. The first-order valence-electron chi connectivity index (χ1n) is 5.38. The maximum absolute atomic E-state index is 13.1. The minimum atomic E-state index is -1.30. The van der Waals surface area contributed by atoms with Gasteiger partial charge in [-0.1, -0.05) is 22.0 Å². The smallest absolute Gasteiger partial charge is 0.307 e. The molecule has 0 spiro atoms. The van der Waals surface area contributed by atoms with Crippen molar-refractivity contribution >= 4 is 21.9 Å². The first-order chi connectivity index (χ1) is 8.45. The van der Waals surface area contributed by atoms with Crippen LogP contribution in [0.5, 0.6) is 0 Å². The number of carbonyl (C=O) groups is 1. The predicted molar refractivity (Wildman–Crippen MR) is 67.1 cm³/mol. The Bertz CT molecular complexity index is 425. The molecule has 18 heavy (non-hydrogen) atoms. The number of aliphatic carboxylic acids is 1. The third-order valence-corrected chi connectivity index (χ3v) is 3.00. The standard InChI is InChI=1S/C12H14BrFO4/c13-4-3-10(15)12(18)9-6-8(14)2-1-7(9)5-11(16)17/h1-2,6,10,12,15,18H,3-5H2,(H,16,17). The van der Waals surface area contributed by atoms with Crippen molar-refractivity contribution < 1.29 is 24.5 Å². The van der Waals surface area contributed by atoms with Crippen LogP contribution in [-0.2, 0) is 11.2 Å². The van der Waals surface area contributed by atoms with E-state index in [1.165, 1.54) is 6.07 Å². The quantitative estimate of drug-likeness (QED) is 0.696. The zero-order valence-corrected chi connectivity index (χ0v) is 11.1. The topological polar surface area (TPSA) is 77.8 Å². The molecule has 3 N–H and O–H groups in total. The Morgan fingerprint density at radius 3 is 2.61 bits per heavy atom. The van der Waals surface area contributed by atoms with E-state index >= 15 is 0 Å². The molecule has 0 aromatic heterocycles. The summed E-state index contributed by atoms with van der Waals surface area (Å²) in [5, 5.41) is 28.8. The van der Waals surface area contributed by atoms with Gasteiger partial charge in [0, 0.05) is 5.33 Å². The predicted octanol–water partition coefficient (Wildman–Crippen LogP) is 1.63. The highest BCUT2D eigenvalue weighted by Crippen LogP contribution is 2.24. The molecule has 6 heteroatoms. The molecule has 100 valence electrons. The van der Waals surface area contributed by atoms with Crippen LogP contribution in [0.4, 0.5) is 4.39 Å². The zero-order chi connectivity index (χ0) is 13.7. The highest BCUT2D eigenvalue weighted by atomic mass is 79.9. The summed E-state index contributed by atoms with van der Waals surface area (Å²) in [6.07, 6.45) is -2.41. The summed E-state index contributed by atoms with van der Waals surface area (Å²) in [4.78, 5) is 10.7. The largest absolute Gasteiger partial charge is 0.481 e. The summed E-state index contributed by atoms with van der Waals surface area (Å²) in [6, 6.07) is 3.49. The van der Waals surface area contributed by atoms with E-state index in [0.717, 1.165) is 12.1 Å². The summed E-state index contributed by atoms with van der Waals surface area (Å²) in [5.41, 5.74) is 0.413. The van der Waals surface area contributed by atoms with E-state index in [1.54, 1.807) is 0 Å². The van der Waals surface area contributed by atoms with Crippen molar-refractivity contribution in [2.75, 3.05) is 5.33 Å². The maximum Gasteiger partial charge on any atom is 0.307 e. The van der Waals surface area contributed by atoms with E-state index in [-0.39, 0.29) is 18.4 Å². The number of hydrogen-bond donors (Lipinski definition) is 3. The van der Waals surface area contributed by atoms with Crippen LogP contribution >= 0.6 is 15.9 Å². The van der Waals surface area contributed by atoms with E-state index in [0.29, 0.717) is 10.9 Å². The zero-order valence-electron chi connectivity index (χ0n) is 9.51. The minimum Gasteiger partial charge on any atom is -0.481 e. The second kappa shape index (κ2) is 6.82. The van der Waals surface area contributed by atoms with Crippen LogP contribution in [0.15, 0.2) is 18.2 Å². The van der Waals surface area contributed by atoms with Gasteiger partial charge in [-0.05, 0) is 29.7 Å². The van der Waals surface area contributed by atoms with Crippen molar-refractivity contribution in [2.24, 2.45) is 0 Å². The highest BCUT2D eigenvalue weighted by molar-refractivity contribution is 9.09. The Morgan fingerprint density at radius 2 is 2.06 bits per heavy atom. The van der Waals surface area contributed by atoms with Gasteiger partial charge in [0.2, 0.25) is 0 Å². The van der Waals surface area contributed by atoms with Crippen LogP contribution < -0.4 is 0 Å². The molecule has 0 saturated carbocycles. The number of carboxylic acids is 1. The van der Waals surface area contributed by atoms with E-state index in [9.17, 15) is 19.4 Å². The van der Waals surface area contributed by atoms with E-state index in [2.05, 4.69) is 15.9 Å². The molecule has 1 rings (SSSR count). The Labute approximate surface area is 112 Å². The molecule has 0 aliphatic heterocycles. The van der Waals surface area contributed by atoms with Crippen molar-refractivity contribution in [2.45, 2.75) is 25.0 Å². The molecule has 0 saturated heterocycles. The van der Waals surface area contributed by atoms with Crippen LogP contribution in [-0.4, -0.2) is 32.7 Å². The summed E-state index contributed by atoms with van der Waals surface area (Å²) in [5.74, 6) is -1.66. The first kappa shape index (κ1) is 15.1. The number of carboxylic acid groups (broad SMARTS) is 1. The number of hydrogen-bond acceptors (Lipinski definition) is 3. The minimum absolute atomic E-state index is 0.117. The number of alkyl halides is 1. The molecular weight excluding hydrogens is 307 g/mol. The van der Waals surface area contributed by atoms with Gasteiger partial charge >= 0.3 is 5.97 Å². The second-order valence-electron chi connectivity index (χ2n) is 3.90. The number of aliphatic hydroxyl groups is 2. The Morgan fingerprint density at radius 1 is 1.39 bits per heavy atom. The van der Waals surface area contributed by atoms with Crippen LogP contribution in [0.2, 0.25) is 0 Å². The third-order valence-electron chi connectivity index (χ3n) is 2.54. The maximum atomic E-state index is 13.1. The van der Waals surface area contributed by atoms with Crippen molar-refractivity contribution in [1.29, 1.82) is 0 Å². The molecule has 0 aliphatic carbocycles. The summed E-state index contributed by atoms with van der Waals surface area (Å²) in [6.45, 7) is 0. The van der Waals surface area contributed by atoms with E-state index < -0.39 is 24.0 Å². The second-order valence-corrected chi connectivity index (χ2v) is 4.70.